The Kier molecular flexibility index (Phi) is 4.64. The lowest BCUT2D eigenvalue weighted by molar-refractivity contribution is 0.0527. The minimum atomic E-state index is 0.00206. The Labute approximate surface area is 151 Å². The van der Waals surface area contributed by atoms with E-state index < -0.39 is 0 Å². The van der Waals surface area contributed by atoms with Crippen LogP contribution in [0.2, 0.25) is 0 Å². The van der Waals surface area contributed by atoms with Gasteiger partial charge in [-0.05, 0) is 5.56 Å². The van der Waals surface area contributed by atoms with Gasteiger partial charge in [-0.15, -0.1) is 0 Å². The number of imidazole rings is 1. The lowest BCUT2D eigenvalue weighted by atomic mass is 9.93. The molecule has 3 atom stereocenters. The normalized spacial score (nSPS) is 22.3. The molecule has 4 rings (SSSR count). The second-order valence-electron chi connectivity index (χ2n) is 6.47. The number of nitrogen functional groups attached to an aromatic ring is 1. The second-order valence-corrected chi connectivity index (χ2v) is 6.47. The van der Waals surface area contributed by atoms with Gasteiger partial charge < -0.3 is 20.1 Å². The highest BCUT2D eigenvalue weighted by Gasteiger charge is 2.33. The molecule has 0 amide bonds. The molecule has 0 unspecified atom stereocenters. The van der Waals surface area contributed by atoms with Crippen molar-refractivity contribution in [3.63, 3.8) is 0 Å². The average molecular weight is 351 g/mol. The fraction of sp³-hybridized carbons (Fsp3) is 0.316. The lowest BCUT2D eigenvalue weighted by Crippen LogP contribution is -2.26. The molecule has 26 heavy (non-hydrogen) atoms. The molecular formula is C19H21N5O2. The van der Waals surface area contributed by atoms with Gasteiger partial charge in [0.1, 0.15) is 11.8 Å². The second kappa shape index (κ2) is 7.23. The van der Waals surface area contributed by atoms with Crippen LogP contribution in [0, 0.1) is 11.8 Å². The molecule has 7 nitrogen and oxygen atoms in total. The zero-order valence-corrected chi connectivity index (χ0v) is 14.3. The van der Waals surface area contributed by atoms with E-state index in [9.17, 15) is 5.11 Å². The SMILES string of the molecule is Nc1ncnc2c1ncn2[C@H]1C=C[C@@H](CO)[C@@H]1COCc1ccccc1. The van der Waals surface area contributed by atoms with Crippen molar-refractivity contribution < 1.29 is 9.84 Å². The molecule has 0 bridgehead atoms. The van der Waals surface area contributed by atoms with Gasteiger partial charge in [0.25, 0.3) is 0 Å². The number of aliphatic hydroxyl groups is 1. The van der Waals surface area contributed by atoms with Crippen LogP contribution in [0.4, 0.5) is 5.82 Å². The summed E-state index contributed by atoms with van der Waals surface area (Å²) in [6, 6.07) is 10.1. The Morgan fingerprint density at radius 2 is 1.96 bits per heavy atom. The van der Waals surface area contributed by atoms with Gasteiger partial charge in [-0.2, -0.15) is 0 Å². The van der Waals surface area contributed by atoms with Crippen LogP contribution in [-0.4, -0.2) is 37.8 Å². The van der Waals surface area contributed by atoms with E-state index in [-0.39, 0.29) is 24.5 Å². The van der Waals surface area contributed by atoms with Gasteiger partial charge in [0.05, 0.1) is 25.6 Å². The molecule has 0 spiro atoms. The minimum Gasteiger partial charge on any atom is -0.396 e. The first-order chi connectivity index (χ1) is 12.8. The predicted molar refractivity (Wildman–Crippen MR) is 98.1 cm³/mol. The van der Waals surface area contributed by atoms with Crippen LogP contribution in [-0.2, 0) is 11.3 Å². The van der Waals surface area contributed by atoms with Crippen LogP contribution in [0.3, 0.4) is 0 Å². The average Bonchev–Trinajstić information content (AvgIpc) is 3.27. The molecule has 2 heterocycles. The van der Waals surface area contributed by atoms with Crippen molar-refractivity contribution in [3.8, 4) is 0 Å². The summed E-state index contributed by atoms with van der Waals surface area (Å²) < 4.78 is 7.94. The molecule has 3 N–H and O–H groups in total. The highest BCUT2D eigenvalue weighted by atomic mass is 16.5. The first-order valence-corrected chi connectivity index (χ1v) is 8.62. The van der Waals surface area contributed by atoms with E-state index in [0.29, 0.717) is 30.2 Å². The topological polar surface area (TPSA) is 99.1 Å². The van der Waals surface area contributed by atoms with Gasteiger partial charge in [0.2, 0.25) is 0 Å². The first kappa shape index (κ1) is 16.7. The number of hydrogen-bond donors (Lipinski definition) is 2. The van der Waals surface area contributed by atoms with Gasteiger partial charge in [-0.25, -0.2) is 15.0 Å². The van der Waals surface area contributed by atoms with E-state index in [2.05, 4.69) is 21.0 Å². The molecule has 7 heteroatoms. The van der Waals surface area contributed by atoms with E-state index >= 15 is 0 Å². The Bertz CT molecular complexity index is 909. The van der Waals surface area contributed by atoms with E-state index in [1.54, 1.807) is 6.33 Å². The van der Waals surface area contributed by atoms with Crippen molar-refractivity contribution in [2.24, 2.45) is 11.8 Å². The summed E-state index contributed by atoms with van der Waals surface area (Å²) in [4.78, 5) is 12.7. The van der Waals surface area contributed by atoms with Gasteiger partial charge in [-0.1, -0.05) is 42.5 Å². The van der Waals surface area contributed by atoms with Crippen molar-refractivity contribution in [3.05, 3.63) is 60.7 Å². The van der Waals surface area contributed by atoms with Crippen molar-refractivity contribution in [1.82, 2.24) is 19.5 Å². The van der Waals surface area contributed by atoms with Gasteiger partial charge in [0.15, 0.2) is 11.5 Å². The molecule has 0 radical (unpaired) electrons. The summed E-state index contributed by atoms with van der Waals surface area (Å²) in [5.41, 5.74) is 8.31. The number of aromatic nitrogens is 4. The molecule has 0 saturated heterocycles. The number of hydrogen-bond acceptors (Lipinski definition) is 6. The van der Waals surface area contributed by atoms with E-state index in [0.717, 1.165) is 5.56 Å². The molecule has 1 aliphatic carbocycles. The van der Waals surface area contributed by atoms with Crippen LogP contribution < -0.4 is 5.73 Å². The predicted octanol–water partition coefficient (Wildman–Crippen LogP) is 1.96. The van der Waals surface area contributed by atoms with Crippen LogP contribution in [0.15, 0.2) is 55.1 Å². The Morgan fingerprint density at radius 3 is 2.77 bits per heavy atom. The molecular weight excluding hydrogens is 330 g/mol. The Balaban J connectivity index is 1.54. The van der Waals surface area contributed by atoms with Gasteiger partial charge in [0, 0.05) is 18.4 Å². The fourth-order valence-electron chi connectivity index (χ4n) is 3.49. The third kappa shape index (κ3) is 3.07. The molecule has 0 aliphatic heterocycles. The number of ether oxygens (including phenoxy) is 1. The monoisotopic (exact) mass is 351 g/mol. The molecule has 1 aromatic carbocycles. The van der Waals surface area contributed by atoms with Crippen LogP contribution in [0.25, 0.3) is 11.2 Å². The summed E-state index contributed by atoms with van der Waals surface area (Å²) in [6.45, 7) is 1.15. The number of aliphatic hydroxyl groups excluding tert-OH is 1. The fourth-order valence-corrected chi connectivity index (χ4v) is 3.49. The molecule has 134 valence electrons. The van der Waals surface area contributed by atoms with Crippen LogP contribution >= 0.6 is 0 Å². The third-order valence-corrected chi connectivity index (χ3v) is 4.89. The van der Waals surface area contributed by atoms with E-state index in [1.165, 1.54) is 6.33 Å². The standard InChI is InChI=1S/C19H21N5O2/c20-18-17-19(22-11-21-18)24(12-23-17)16-7-6-14(8-25)15(16)10-26-9-13-4-2-1-3-5-13/h1-7,11-12,14-16,25H,8-10H2,(H2,20,21,22)/t14-,15-,16-/m0/s1. The molecule has 0 saturated carbocycles. The molecule has 3 aromatic rings. The summed E-state index contributed by atoms with van der Waals surface area (Å²) in [7, 11) is 0. The summed E-state index contributed by atoms with van der Waals surface area (Å²) >= 11 is 0. The van der Waals surface area contributed by atoms with Gasteiger partial charge >= 0.3 is 0 Å². The Morgan fingerprint density at radius 1 is 1.12 bits per heavy atom. The molecule has 0 fully saturated rings. The minimum absolute atomic E-state index is 0.00206. The summed E-state index contributed by atoms with van der Waals surface area (Å²) in [5.74, 6) is 0.496. The third-order valence-electron chi connectivity index (χ3n) is 4.89. The highest BCUT2D eigenvalue weighted by Crippen LogP contribution is 2.36. The number of rotatable bonds is 6. The number of allylic oxidation sites excluding steroid dienone is 1. The van der Waals surface area contributed by atoms with Crippen LogP contribution in [0.5, 0.6) is 0 Å². The highest BCUT2D eigenvalue weighted by molar-refractivity contribution is 5.81. The van der Waals surface area contributed by atoms with Crippen molar-refractivity contribution in [1.29, 1.82) is 0 Å². The maximum absolute atomic E-state index is 9.75. The lowest BCUT2D eigenvalue weighted by Gasteiger charge is -2.25. The van der Waals surface area contributed by atoms with Crippen LogP contribution in [0.1, 0.15) is 11.6 Å². The quantitative estimate of drug-likeness (QED) is 0.659. The maximum Gasteiger partial charge on any atom is 0.165 e. The van der Waals surface area contributed by atoms with Crippen molar-refractivity contribution in [2.45, 2.75) is 12.6 Å². The number of nitrogens with two attached hydrogens (primary N) is 1. The number of fused-ring (bicyclic) bond motifs is 1. The Hall–Kier alpha value is -2.77. The maximum atomic E-state index is 9.75. The molecule has 1 aliphatic rings. The smallest absolute Gasteiger partial charge is 0.165 e. The largest absolute Gasteiger partial charge is 0.396 e. The van der Waals surface area contributed by atoms with Crippen molar-refractivity contribution in [2.75, 3.05) is 18.9 Å². The number of anilines is 1. The molecule has 2 aromatic heterocycles. The van der Waals surface area contributed by atoms with Gasteiger partial charge in [-0.3, -0.25) is 0 Å². The van der Waals surface area contributed by atoms with E-state index in [4.69, 9.17) is 10.5 Å². The summed E-state index contributed by atoms with van der Waals surface area (Å²) in [6.07, 6.45) is 7.29. The first-order valence-electron chi connectivity index (χ1n) is 8.62. The van der Waals surface area contributed by atoms with E-state index in [1.807, 2.05) is 41.0 Å². The zero-order valence-electron chi connectivity index (χ0n) is 14.3. The summed E-state index contributed by atoms with van der Waals surface area (Å²) in [5, 5.41) is 9.75. The zero-order chi connectivity index (χ0) is 17.9. The van der Waals surface area contributed by atoms with Crippen molar-refractivity contribution >= 4 is 17.0 Å². The number of nitrogens with zero attached hydrogens (tertiary/aromatic N) is 4. The number of benzene rings is 1.